The Hall–Kier alpha value is -0.890. The van der Waals surface area contributed by atoms with E-state index in [4.69, 9.17) is 5.26 Å². The van der Waals surface area contributed by atoms with Crippen LogP contribution in [0.4, 0.5) is 4.79 Å². The van der Waals surface area contributed by atoms with Crippen LogP contribution in [-0.4, -0.2) is 28.8 Å². The summed E-state index contributed by atoms with van der Waals surface area (Å²) in [4.78, 5) is 12.5. The second-order valence-corrected chi connectivity index (χ2v) is 4.04. The predicted octanol–water partition coefficient (Wildman–Crippen LogP) is 0.570. The average molecular weight is 197 g/mol. The smallest absolute Gasteiger partial charge is 0.276 e. The monoisotopic (exact) mass is 197 g/mol. The molecular formula is C8H11N3OS. The maximum atomic E-state index is 10.8. The summed E-state index contributed by atoms with van der Waals surface area (Å²) in [7, 11) is 0. The van der Waals surface area contributed by atoms with Gasteiger partial charge in [0.1, 0.15) is 0 Å². The van der Waals surface area contributed by atoms with Gasteiger partial charge < -0.3 is 10.2 Å². The molecule has 3 atom stereocenters. The molecule has 2 aliphatic rings. The number of thiol groups is 1. The second kappa shape index (κ2) is 3.11. The number of fused-ring (bicyclic) bond motifs is 2. The summed E-state index contributed by atoms with van der Waals surface area (Å²) < 4.78 is 0. The van der Waals surface area contributed by atoms with Crippen LogP contribution in [0.5, 0.6) is 0 Å². The molecule has 1 saturated carbocycles. The first-order valence-electron chi connectivity index (χ1n) is 4.38. The number of carbonyl (C=O) groups excluding carboxylic acids is 1. The number of carbonyl (C=O) groups is 1. The van der Waals surface area contributed by atoms with Gasteiger partial charge in [0, 0.05) is 6.54 Å². The zero-order chi connectivity index (χ0) is 9.42. The van der Waals surface area contributed by atoms with E-state index in [9.17, 15) is 4.79 Å². The fraction of sp³-hybridized carbons (Fsp3) is 0.750. The lowest BCUT2D eigenvalue weighted by Gasteiger charge is -2.20. The highest BCUT2D eigenvalue weighted by Crippen LogP contribution is 2.37. The van der Waals surface area contributed by atoms with Crippen LogP contribution in [0.15, 0.2) is 0 Å². The summed E-state index contributed by atoms with van der Waals surface area (Å²) in [5.74, 6) is 0.445. The Balaban J connectivity index is 2.07. The number of hydrogen-bond acceptors (Lipinski definition) is 3. The largest absolute Gasteiger partial charge is 0.342 e. The van der Waals surface area contributed by atoms with Crippen LogP contribution in [0, 0.1) is 17.4 Å². The molecule has 0 aromatic rings. The first-order chi connectivity index (χ1) is 6.22. The zero-order valence-corrected chi connectivity index (χ0v) is 8.00. The van der Waals surface area contributed by atoms with E-state index in [-0.39, 0.29) is 17.3 Å². The van der Waals surface area contributed by atoms with Crippen molar-refractivity contribution in [2.75, 3.05) is 6.54 Å². The van der Waals surface area contributed by atoms with Crippen LogP contribution in [0.25, 0.3) is 0 Å². The predicted molar refractivity (Wildman–Crippen MR) is 50.1 cm³/mol. The molecule has 0 radical (unpaired) electrons. The van der Waals surface area contributed by atoms with Gasteiger partial charge in [-0.05, 0) is 18.8 Å². The molecule has 1 aliphatic carbocycles. The molecule has 4 nitrogen and oxygen atoms in total. The minimum atomic E-state index is -0.290. The van der Waals surface area contributed by atoms with Crippen molar-refractivity contribution in [3.63, 3.8) is 0 Å². The Morgan fingerprint density at radius 3 is 2.92 bits per heavy atom. The average Bonchev–Trinajstić information content (AvgIpc) is 2.61. The highest BCUT2D eigenvalue weighted by atomic mass is 32.1. The molecule has 1 saturated heterocycles. The molecule has 5 heteroatoms. The van der Waals surface area contributed by atoms with E-state index in [2.05, 4.69) is 24.1 Å². The first kappa shape index (κ1) is 8.70. The van der Waals surface area contributed by atoms with Crippen LogP contribution >= 0.6 is 12.6 Å². The summed E-state index contributed by atoms with van der Waals surface area (Å²) in [6, 6.07) is 0.357. The molecule has 0 aromatic carbocycles. The number of likely N-dealkylation sites (tertiary alicyclic amines) is 1. The van der Waals surface area contributed by atoms with Gasteiger partial charge >= 0.3 is 0 Å². The Kier molecular flexibility index (Phi) is 2.08. The van der Waals surface area contributed by atoms with E-state index in [1.54, 1.807) is 4.90 Å². The molecule has 1 heterocycles. The highest BCUT2D eigenvalue weighted by molar-refractivity contribution is 7.96. The minimum absolute atomic E-state index is 0.143. The molecule has 2 fully saturated rings. The van der Waals surface area contributed by atoms with Crippen molar-refractivity contribution in [2.45, 2.75) is 24.9 Å². The fourth-order valence-electron chi connectivity index (χ4n) is 2.47. The number of piperidine rings is 1. The number of nitrogens with zero attached hydrogens (tertiary/aromatic N) is 2. The van der Waals surface area contributed by atoms with E-state index >= 15 is 0 Å². The number of nitrogens with one attached hydrogen (secondary N) is 1. The number of amides is 1. The summed E-state index contributed by atoms with van der Waals surface area (Å²) in [6.45, 7) is 0.792. The number of rotatable bonds is 1. The second-order valence-electron chi connectivity index (χ2n) is 3.63. The van der Waals surface area contributed by atoms with Gasteiger partial charge in [-0.25, -0.2) is 0 Å². The van der Waals surface area contributed by atoms with Crippen molar-refractivity contribution in [3.8, 4) is 6.19 Å². The molecule has 3 unspecified atom stereocenters. The molecule has 13 heavy (non-hydrogen) atoms. The van der Waals surface area contributed by atoms with Crippen molar-refractivity contribution in [1.82, 2.24) is 10.2 Å². The van der Waals surface area contributed by atoms with Crippen LogP contribution < -0.4 is 5.32 Å². The van der Waals surface area contributed by atoms with Crippen molar-refractivity contribution >= 4 is 17.9 Å². The minimum Gasteiger partial charge on any atom is -0.342 e. The van der Waals surface area contributed by atoms with Gasteiger partial charge in [-0.3, -0.25) is 4.79 Å². The van der Waals surface area contributed by atoms with Gasteiger partial charge in [-0.1, -0.05) is 12.6 Å². The molecule has 70 valence electrons. The first-order valence-corrected chi connectivity index (χ1v) is 4.83. The van der Waals surface area contributed by atoms with Crippen molar-refractivity contribution in [3.05, 3.63) is 0 Å². The SMILES string of the molecule is N#CN1CC2CCC1C2NC(=O)S. The molecule has 2 bridgehead atoms. The van der Waals surface area contributed by atoms with Crippen molar-refractivity contribution in [1.29, 1.82) is 5.26 Å². The molecule has 2 rings (SSSR count). The normalized spacial score (nSPS) is 36.0. The lowest BCUT2D eigenvalue weighted by Crippen LogP contribution is -2.40. The highest BCUT2D eigenvalue weighted by Gasteiger charge is 2.47. The lowest BCUT2D eigenvalue weighted by molar-refractivity contribution is 0.254. The third-order valence-corrected chi connectivity index (χ3v) is 3.13. The van der Waals surface area contributed by atoms with Crippen LogP contribution in [0.1, 0.15) is 12.8 Å². The number of hydrogen-bond donors (Lipinski definition) is 2. The van der Waals surface area contributed by atoms with Crippen LogP contribution in [0.3, 0.4) is 0 Å². The van der Waals surface area contributed by atoms with E-state index in [0.29, 0.717) is 5.92 Å². The Morgan fingerprint density at radius 2 is 2.38 bits per heavy atom. The molecule has 1 aliphatic heterocycles. The third kappa shape index (κ3) is 1.35. The topological polar surface area (TPSA) is 56.1 Å². The standard InChI is InChI=1S/C8H11N3OS/c9-4-11-3-5-1-2-6(11)7(5)10-8(12)13/h5-7H,1-3H2,(H2,10,12,13). The molecule has 0 aromatic heterocycles. The Bertz CT molecular complexity index is 275. The van der Waals surface area contributed by atoms with Crippen molar-refractivity contribution < 1.29 is 4.79 Å². The van der Waals surface area contributed by atoms with E-state index in [1.807, 2.05) is 0 Å². The van der Waals surface area contributed by atoms with Crippen molar-refractivity contribution in [2.24, 2.45) is 5.92 Å². The quantitative estimate of drug-likeness (QED) is 0.477. The van der Waals surface area contributed by atoms with Gasteiger partial charge in [-0.15, -0.1) is 0 Å². The summed E-state index contributed by atoms with van der Waals surface area (Å²) in [6.07, 6.45) is 4.28. The fourth-order valence-corrected chi connectivity index (χ4v) is 2.62. The van der Waals surface area contributed by atoms with E-state index in [1.165, 1.54) is 0 Å². The van der Waals surface area contributed by atoms with Crippen LogP contribution in [0.2, 0.25) is 0 Å². The van der Waals surface area contributed by atoms with E-state index in [0.717, 1.165) is 19.4 Å². The molecule has 1 N–H and O–H groups in total. The van der Waals surface area contributed by atoms with E-state index < -0.39 is 0 Å². The molecule has 1 amide bonds. The van der Waals surface area contributed by atoms with Gasteiger partial charge in [0.25, 0.3) is 5.24 Å². The molecular weight excluding hydrogens is 186 g/mol. The van der Waals surface area contributed by atoms with Gasteiger partial charge in [-0.2, -0.15) is 5.26 Å². The summed E-state index contributed by atoms with van der Waals surface area (Å²) in [5.41, 5.74) is 0. The maximum Gasteiger partial charge on any atom is 0.276 e. The Morgan fingerprint density at radius 1 is 1.62 bits per heavy atom. The third-order valence-electron chi connectivity index (χ3n) is 3.01. The van der Waals surface area contributed by atoms with Crippen LogP contribution in [-0.2, 0) is 0 Å². The van der Waals surface area contributed by atoms with Gasteiger partial charge in [0.05, 0.1) is 12.1 Å². The van der Waals surface area contributed by atoms with Gasteiger partial charge in [0.2, 0.25) is 0 Å². The number of nitriles is 1. The zero-order valence-electron chi connectivity index (χ0n) is 7.10. The maximum absolute atomic E-state index is 10.8. The summed E-state index contributed by atoms with van der Waals surface area (Å²) in [5, 5.41) is 11.3. The lowest BCUT2D eigenvalue weighted by atomic mass is 10.1. The molecule has 0 spiro atoms. The van der Waals surface area contributed by atoms with Gasteiger partial charge in [0.15, 0.2) is 6.19 Å². The Labute approximate surface area is 82.3 Å². The summed E-state index contributed by atoms with van der Waals surface area (Å²) >= 11 is 3.69.